The first kappa shape index (κ1) is 11.4. The lowest BCUT2D eigenvalue weighted by Crippen LogP contribution is -2.40. The van der Waals surface area contributed by atoms with Crippen LogP contribution in [0.4, 0.5) is 0 Å². The minimum atomic E-state index is 0.495. The molecule has 2 heteroatoms. The lowest BCUT2D eigenvalue weighted by atomic mass is 9.75. The molecule has 1 aliphatic carbocycles. The first-order chi connectivity index (χ1) is 7.16. The smallest absolute Gasteiger partial charge is 0.0700 e. The molecule has 2 rings (SSSR count). The van der Waals surface area contributed by atoms with E-state index in [-0.39, 0.29) is 0 Å². The molecule has 1 N–H and O–H groups in total. The fraction of sp³-hybridized carbons (Fsp3) is 1.00. The first-order valence-corrected chi connectivity index (χ1v) is 6.51. The lowest BCUT2D eigenvalue weighted by molar-refractivity contribution is 0.100. The summed E-state index contributed by atoms with van der Waals surface area (Å²) in [5.74, 6) is 0. The van der Waals surface area contributed by atoms with Crippen molar-refractivity contribution in [2.24, 2.45) is 5.41 Å². The molecule has 0 radical (unpaired) electrons. The summed E-state index contributed by atoms with van der Waals surface area (Å²) < 4.78 is 5.63. The van der Waals surface area contributed by atoms with Crippen molar-refractivity contribution in [1.82, 2.24) is 5.32 Å². The SMILES string of the molecule is CC1(C)CCC[C@@H](NC[C@@H]2CCCO2)C1. The Morgan fingerprint density at radius 2 is 2.13 bits per heavy atom. The van der Waals surface area contributed by atoms with E-state index in [1.54, 1.807) is 0 Å². The van der Waals surface area contributed by atoms with Crippen molar-refractivity contribution < 1.29 is 4.74 Å². The van der Waals surface area contributed by atoms with Gasteiger partial charge in [-0.15, -0.1) is 0 Å². The van der Waals surface area contributed by atoms with Gasteiger partial charge >= 0.3 is 0 Å². The van der Waals surface area contributed by atoms with E-state index in [0.717, 1.165) is 19.2 Å². The molecule has 15 heavy (non-hydrogen) atoms. The van der Waals surface area contributed by atoms with Gasteiger partial charge in [-0.2, -0.15) is 0 Å². The van der Waals surface area contributed by atoms with Gasteiger partial charge in [0.25, 0.3) is 0 Å². The highest BCUT2D eigenvalue weighted by atomic mass is 16.5. The first-order valence-electron chi connectivity index (χ1n) is 6.51. The monoisotopic (exact) mass is 211 g/mol. The maximum Gasteiger partial charge on any atom is 0.0700 e. The van der Waals surface area contributed by atoms with Crippen molar-refractivity contribution in [3.05, 3.63) is 0 Å². The van der Waals surface area contributed by atoms with Gasteiger partial charge in [0, 0.05) is 19.2 Å². The van der Waals surface area contributed by atoms with Crippen molar-refractivity contribution in [3.8, 4) is 0 Å². The zero-order valence-electron chi connectivity index (χ0n) is 10.2. The molecule has 0 aromatic heterocycles. The molecule has 2 atom stereocenters. The van der Waals surface area contributed by atoms with E-state index in [2.05, 4.69) is 19.2 Å². The van der Waals surface area contributed by atoms with Crippen molar-refractivity contribution >= 4 is 0 Å². The highest BCUT2D eigenvalue weighted by Gasteiger charge is 2.28. The van der Waals surface area contributed by atoms with Crippen LogP contribution in [0.15, 0.2) is 0 Å². The predicted molar refractivity (Wildman–Crippen MR) is 63.0 cm³/mol. The molecule has 1 saturated carbocycles. The second-order valence-corrected chi connectivity index (χ2v) is 6.00. The van der Waals surface area contributed by atoms with E-state index in [0.29, 0.717) is 11.5 Å². The van der Waals surface area contributed by atoms with E-state index >= 15 is 0 Å². The molecule has 88 valence electrons. The van der Waals surface area contributed by atoms with Crippen LogP contribution in [0.2, 0.25) is 0 Å². The number of hydrogen-bond donors (Lipinski definition) is 1. The zero-order valence-corrected chi connectivity index (χ0v) is 10.2. The quantitative estimate of drug-likeness (QED) is 0.775. The Kier molecular flexibility index (Phi) is 3.68. The van der Waals surface area contributed by atoms with Gasteiger partial charge in [-0.05, 0) is 37.5 Å². The van der Waals surface area contributed by atoms with Crippen LogP contribution in [-0.2, 0) is 4.74 Å². The van der Waals surface area contributed by atoms with Gasteiger partial charge in [-0.25, -0.2) is 0 Å². The largest absolute Gasteiger partial charge is 0.377 e. The van der Waals surface area contributed by atoms with Gasteiger partial charge in [0.2, 0.25) is 0 Å². The van der Waals surface area contributed by atoms with E-state index in [4.69, 9.17) is 4.74 Å². The summed E-state index contributed by atoms with van der Waals surface area (Å²) in [5.41, 5.74) is 0.548. The Balaban J connectivity index is 1.69. The van der Waals surface area contributed by atoms with E-state index in [1.165, 1.54) is 38.5 Å². The molecule has 0 aromatic carbocycles. The van der Waals surface area contributed by atoms with Gasteiger partial charge in [-0.1, -0.05) is 20.3 Å². The van der Waals surface area contributed by atoms with Crippen LogP contribution in [0.25, 0.3) is 0 Å². The van der Waals surface area contributed by atoms with Crippen molar-refractivity contribution in [3.63, 3.8) is 0 Å². The molecule has 0 unspecified atom stereocenters. The molecule has 0 amide bonds. The third-order valence-electron chi connectivity index (χ3n) is 3.86. The minimum Gasteiger partial charge on any atom is -0.377 e. The Morgan fingerprint density at radius 3 is 2.80 bits per heavy atom. The van der Waals surface area contributed by atoms with Crippen molar-refractivity contribution in [2.75, 3.05) is 13.2 Å². The van der Waals surface area contributed by atoms with Gasteiger partial charge in [0.1, 0.15) is 0 Å². The fourth-order valence-corrected chi connectivity index (χ4v) is 2.98. The van der Waals surface area contributed by atoms with Gasteiger partial charge < -0.3 is 10.1 Å². The Hall–Kier alpha value is -0.0800. The number of rotatable bonds is 3. The van der Waals surface area contributed by atoms with Crippen LogP contribution in [0.5, 0.6) is 0 Å². The van der Waals surface area contributed by atoms with Crippen molar-refractivity contribution in [2.45, 2.75) is 64.5 Å². The van der Waals surface area contributed by atoms with Crippen LogP contribution in [0.1, 0.15) is 52.4 Å². The maximum absolute atomic E-state index is 5.63. The molecule has 2 nitrogen and oxygen atoms in total. The lowest BCUT2D eigenvalue weighted by Gasteiger charge is -2.36. The Bertz CT molecular complexity index is 197. The summed E-state index contributed by atoms with van der Waals surface area (Å²) >= 11 is 0. The average Bonchev–Trinajstić information content (AvgIpc) is 2.65. The molecule has 2 aliphatic rings. The molecule has 1 saturated heterocycles. The third kappa shape index (κ3) is 3.46. The normalized spacial score (nSPS) is 35.6. The van der Waals surface area contributed by atoms with Crippen LogP contribution in [0, 0.1) is 5.41 Å². The van der Waals surface area contributed by atoms with E-state index < -0.39 is 0 Å². The zero-order chi connectivity index (χ0) is 10.7. The van der Waals surface area contributed by atoms with Crippen LogP contribution < -0.4 is 5.32 Å². The summed E-state index contributed by atoms with van der Waals surface area (Å²) in [6, 6.07) is 0.734. The topological polar surface area (TPSA) is 21.3 Å². The Morgan fingerprint density at radius 1 is 1.27 bits per heavy atom. The molecular formula is C13H25NO. The molecule has 1 aliphatic heterocycles. The van der Waals surface area contributed by atoms with E-state index in [9.17, 15) is 0 Å². The molecule has 1 heterocycles. The minimum absolute atomic E-state index is 0.495. The predicted octanol–water partition coefficient (Wildman–Crippen LogP) is 2.72. The van der Waals surface area contributed by atoms with Crippen LogP contribution in [-0.4, -0.2) is 25.3 Å². The molecule has 2 fully saturated rings. The number of ether oxygens (including phenoxy) is 1. The van der Waals surface area contributed by atoms with Gasteiger partial charge in [0.05, 0.1) is 6.10 Å². The highest BCUT2D eigenvalue weighted by molar-refractivity contribution is 4.84. The summed E-state index contributed by atoms with van der Waals surface area (Å²) in [6.45, 7) is 6.84. The third-order valence-corrected chi connectivity index (χ3v) is 3.86. The van der Waals surface area contributed by atoms with Gasteiger partial charge in [0.15, 0.2) is 0 Å². The van der Waals surface area contributed by atoms with Crippen molar-refractivity contribution in [1.29, 1.82) is 0 Å². The van der Waals surface area contributed by atoms with Crippen LogP contribution >= 0.6 is 0 Å². The molecule has 0 bridgehead atoms. The summed E-state index contributed by atoms with van der Waals surface area (Å²) in [5, 5.41) is 3.69. The second-order valence-electron chi connectivity index (χ2n) is 6.00. The summed E-state index contributed by atoms with van der Waals surface area (Å²) in [7, 11) is 0. The summed E-state index contributed by atoms with van der Waals surface area (Å²) in [4.78, 5) is 0. The summed E-state index contributed by atoms with van der Waals surface area (Å²) in [6.07, 6.45) is 8.47. The number of nitrogens with one attached hydrogen (secondary N) is 1. The maximum atomic E-state index is 5.63. The molecule has 0 aromatic rings. The average molecular weight is 211 g/mol. The molecular weight excluding hydrogens is 186 g/mol. The standard InChI is InChI=1S/C13H25NO/c1-13(2)7-3-5-11(9-13)14-10-12-6-4-8-15-12/h11-12,14H,3-10H2,1-2H3/t11-,12+/m1/s1. The van der Waals surface area contributed by atoms with E-state index in [1.807, 2.05) is 0 Å². The fourth-order valence-electron chi connectivity index (χ4n) is 2.98. The molecule has 0 spiro atoms. The van der Waals surface area contributed by atoms with Crippen LogP contribution in [0.3, 0.4) is 0 Å². The number of hydrogen-bond acceptors (Lipinski definition) is 2. The Labute approximate surface area is 93.8 Å². The second kappa shape index (κ2) is 4.84. The highest BCUT2D eigenvalue weighted by Crippen LogP contribution is 2.35. The van der Waals surface area contributed by atoms with Gasteiger partial charge in [-0.3, -0.25) is 0 Å².